The van der Waals surface area contributed by atoms with Crippen molar-refractivity contribution in [2.75, 3.05) is 5.75 Å². The molecule has 1 atom stereocenters. The van der Waals surface area contributed by atoms with Gasteiger partial charge in [0.25, 0.3) is 0 Å². The predicted octanol–water partition coefficient (Wildman–Crippen LogP) is 1.60. The molecule has 0 bridgehead atoms. The standard InChI is InChI=1S/C14H14N4OS/c19-14-17-7-6-15-8-13(17)16-18(14)9-12(10-20)11-4-2-1-3-5-11/h1-8,12,20H,9-10H2. The van der Waals surface area contributed by atoms with Crippen LogP contribution in [0, 0.1) is 0 Å². The van der Waals surface area contributed by atoms with Gasteiger partial charge in [0.15, 0.2) is 5.65 Å². The smallest absolute Gasteiger partial charge is 0.259 e. The van der Waals surface area contributed by atoms with E-state index in [1.165, 1.54) is 9.08 Å². The third-order valence-corrected chi connectivity index (χ3v) is 3.71. The average Bonchev–Trinajstić information content (AvgIpc) is 2.82. The van der Waals surface area contributed by atoms with Gasteiger partial charge in [-0.05, 0) is 11.3 Å². The van der Waals surface area contributed by atoms with Gasteiger partial charge in [0.05, 0.1) is 12.7 Å². The van der Waals surface area contributed by atoms with Gasteiger partial charge in [-0.2, -0.15) is 12.6 Å². The summed E-state index contributed by atoms with van der Waals surface area (Å²) in [6.45, 7) is 0.508. The number of hydrogen-bond donors (Lipinski definition) is 1. The lowest BCUT2D eigenvalue weighted by atomic mass is 10.0. The lowest BCUT2D eigenvalue weighted by Crippen LogP contribution is -2.24. The van der Waals surface area contributed by atoms with Crippen LogP contribution < -0.4 is 5.69 Å². The Hall–Kier alpha value is -2.08. The lowest BCUT2D eigenvalue weighted by Gasteiger charge is -2.13. The molecule has 1 unspecified atom stereocenters. The molecule has 0 aliphatic heterocycles. The summed E-state index contributed by atoms with van der Waals surface area (Å²) >= 11 is 4.39. The van der Waals surface area contributed by atoms with E-state index in [-0.39, 0.29) is 11.6 Å². The van der Waals surface area contributed by atoms with Crippen LogP contribution in [0.5, 0.6) is 0 Å². The van der Waals surface area contributed by atoms with E-state index in [9.17, 15) is 4.79 Å². The van der Waals surface area contributed by atoms with Crippen LogP contribution in [0.4, 0.5) is 0 Å². The van der Waals surface area contributed by atoms with Gasteiger partial charge >= 0.3 is 5.69 Å². The third kappa shape index (κ3) is 2.34. The molecule has 102 valence electrons. The second kappa shape index (κ2) is 5.50. The molecule has 0 saturated carbocycles. The fourth-order valence-electron chi connectivity index (χ4n) is 2.20. The average molecular weight is 286 g/mol. The molecule has 5 nitrogen and oxygen atoms in total. The highest BCUT2D eigenvalue weighted by molar-refractivity contribution is 7.80. The lowest BCUT2D eigenvalue weighted by molar-refractivity contribution is 0.532. The summed E-state index contributed by atoms with van der Waals surface area (Å²) in [5.41, 5.74) is 1.57. The topological polar surface area (TPSA) is 52.2 Å². The van der Waals surface area contributed by atoms with Crippen molar-refractivity contribution in [3.05, 3.63) is 65.0 Å². The molecule has 0 spiro atoms. The number of nitrogens with zero attached hydrogens (tertiary/aromatic N) is 4. The van der Waals surface area contributed by atoms with Crippen LogP contribution in [0.3, 0.4) is 0 Å². The normalized spacial score (nSPS) is 12.7. The Morgan fingerprint density at radius 3 is 2.75 bits per heavy atom. The van der Waals surface area contributed by atoms with Gasteiger partial charge in [-0.25, -0.2) is 13.9 Å². The number of rotatable bonds is 4. The van der Waals surface area contributed by atoms with Crippen LogP contribution in [0.25, 0.3) is 5.65 Å². The van der Waals surface area contributed by atoms with E-state index >= 15 is 0 Å². The molecule has 0 aliphatic carbocycles. The Kier molecular flexibility index (Phi) is 3.56. The predicted molar refractivity (Wildman–Crippen MR) is 80.3 cm³/mol. The Morgan fingerprint density at radius 2 is 2.05 bits per heavy atom. The van der Waals surface area contributed by atoms with E-state index in [1.807, 2.05) is 30.3 Å². The van der Waals surface area contributed by atoms with Crippen LogP contribution in [-0.2, 0) is 6.54 Å². The van der Waals surface area contributed by atoms with Crippen LogP contribution in [0.15, 0.2) is 53.7 Å². The molecule has 6 heteroatoms. The molecule has 3 aromatic rings. The zero-order chi connectivity index (χ0) is 13.9. The maximum Gasteiger partial charge on any atom is 0.350 e. The van der Waals surface area contributed by atoms with Crippen molar-refractivity contribution in [2.45, 2.75) is 12.5 Å². The molecule has 0 radical (unpaired) electrons. The van der Waals surface area contributed by atoms with Crippen LogP contribution >= 0.6 is 12.6 Å². The van der Waals surface area contributed by atoms with Crippen molar-refractivity contribution in [2.24, 2.45) is 0 Å². The van der Waals surface area contributed by atoms with Gasteiger partial charge in [0.1, 0.15) is 0 Å². The van der Waals surface area contributed by atoms with Crippen LogP contribution in [-0.4, -0.2) is 24.9 Å². The molecule has 1 aromatic carbocycles. The van der Waals surface area contributed by atoms with Gasteiger partial charge in [-0.1, -0.05) is 30.3 Å². The first-order valence-corrected chi connectivity index (χ1v) is 6.98. The SMILES string of the molecule is O=c1n(CC(CS)c2ccccc2)nc2cnccn12. The quantitative estimate of drug-likeness (QED) is 0.741. The first-order chi connectivity index (χ1) is 9.79. The van der Waals surface area contributed by atoms with Gasteiger partial charge < -0.3 is 0 Å². The van der Waals surface area contributed by atoms with Gasteiger partial charge in [-0.3, -0.25) is 4.98 Å². The number of hydrogen-bond acceptors (Lipinski definition) is 4. The number of thiol groups is 1. The summed E-state index contributed by atoms with van der Waals surface area (Å²) in [6, 6.07) is 10.0. The van der Waals surface area contributed by atoms with Crippen molar-refractivity contribution in [1.29, 1.82) is 0 Å². The van der Waals surface area contributed by atoms with Crippen molar-refractivity contribution >= 4 is 18.3 Å². The highest BCUT2D eigenvalue weighted by Crippen LogP contribution is 2.18. The Balaban J connectivity index is 1.96. The fourth-order valence-corrected chi connectivity index (χ4v) is 2.53. The maximum absolute atomic E-state index is 12.2. The monoisotopic (exact) mass is 286 g/mol. The minimum atomic E-state index is -0.148. The highest BCUT2D eigenvalue weighted by Gasteiger charge is 2.14. The zero-order valence-corrected chi connectivity index (χ0v) is 11.6. The molecule has 0 amide bonds. The summed E-state index contributed by atoms with van der Waals surface area (Å²) in [5, 5.41) is 4.30. The summed E-state index contributed by atoms with van der Waals surface area (Å²) < 4.78 is 2.97. The maximum atomic E-state index is 12.2. The Labute approximate surface area is 121 Å². The molecular formula is C14H14N4OS. The minimum Gasteiger partial charge on any atom is -0.259 e. The van der Waals surface area contributed by atoms with Gasteiger partial charge in [-0.15, -0.1) is 5.10 Å². The van der Waals surface area contributed by atoms with Gasteiger partial charge in [0.2, 0.25) is 0 Å². The molecule has 2 aromatic heterocycles. The molecular weight excluding hydrogens is 272 g/mol. The molecule has 2 heterocycles. The van der Waals surface area contributed by atoms with Crippen molar-refractivity contribution < 1.29 is 0 Å². The first kappa shape index (κ1) is 12.9. The largest absolute Gasteiger partial charge is 0.350 e. The minimum absolute atomic E-state index is 0.148. The third-order valence-electron chi connectivity index (χ3n) is 3.27. The van der Waals surface area contributed by atoms with Crippen molar-refractivity contribution in [3.63, 3.8) is 0 Å². The fraction of sp³-hybridized carbons (Fsp3) is 0.214. The second-order valence-corrected chi connectivity index (χ2v) is 4.92. The van der Waals surface area contributed by atoms with E-state index in [1.54, 1.807) is 18.6 Å². The van der Waals surface area contributed by atoms with Crippen molar-refractivity contribution in [1.82, 2.24) is 19.2 Å². The van der Waals surface area contributed by atoms with Crippen LogP contribution in [0.2, 0.25) is 0 Å². The van der Waals surface area contributed by atoms with E-state index < -0.39 is 0 Å². The van der Waals surface area contributed by atoms with E-state index in [0.717, 1.165) is 5.56 Å². The molecule has 3 rings (SSSR count). The van der Waals surface area contributed by atoms with Crippen molar-refractivity contribution in [3.8, 4) is 0 Å². The van der Waals surface area contributed by atoms with E-state index in [2.05, 4.69) is 22.7 Å². The zero-order valence-electron chi connectivity index (χ0n) is 10.8. The highest BCUT2D eigenvalue weighted by atomic mass is 32.1. The molecule has 20 heavy (non-hydrogen) atoms. The van der Waals surface area contributed by atoms with Crippen LogP contribution in [0.1, 0.15) is 11.5 Å². The molecule has 0 N–H and O–H groups in total. The van der Waals surface area contributed by atoms with E-state index in [4.69, 9.17) is 0 Å². The summed E-state index contributed by atoms with van der Waals surface area (Å²) in [7, 11) is 0. The molecule has 0 fully saturated rings. The summed E-state index contributed by atoms with van der Waals surface area (Å²) in [6.07, 6.45) is 4.78. The molecule has 0 aliphatic rings. The summed E-state index contributed by atoms with van der Waals surface area (Å²) in [4.78, 5) is 16.2. The Bertz CT molecular complexity index is 765. The number of benzene rings is 1. The molecule has 0 saturated heterocycles. The number of aromatic nitrogens is 4. The Morgan fingerprint density at radius 1 is 1.25 bits per heavy atom. The second-order valence-electron chi connectivity index (χ2n) is 4.56. The van der Waals surface area contributed by atoms with E-state index in [0.29, 0.717) is 17.9 Å². The first-order valence-electron chi connectivity index (χ1n) is 6.34. The van der Waals surface area contributed by atoms with Gasteiger partial charge in [0, 0.05) is 18.3 Å². The summed E-state index contributed by atoms with van der Waals surface area (Å²) in [5.74, 6) is 0.804. The number of fused-ring (bicyclic) bond motifs is 1.